The van der Waals surface area contributed by atoms with E-state index >= 15 is 0 Å². The maximum absolute atomic E-state index is 2.85. The fourth-order valence-electron chi connectivity index (χ4n) is 14.2. The lowest BCUT2D eigenvalue weighted by Gasteiger charge is -2.48. The fraction of sp³-hybridized carbons (Fsp3) is 0.420. The van der Waals surface area contributed by atoms with E-state index in [9.17, 15) is 0 Å². The van der Waals surface area contributed by atoms with Crippen LogP contribution in [0.3, 0.4) is 0 Å². The summed E-state index contributed by atoms with van der Waals surface area (Å²) in [6, 6.07) is 46.0. The van der Waals surface area contributed by atoms with E-state index in [0.29, 0.717) is 0 Å². The average molecular weight is 979 g/mol. The molecule has 0 N–H and O–H groups in total. The molecule has 0 amide bonds. The van der Waals surface area contributed by atoms with E-state index in [2.05, 4.69) is 247 Å². The molecule has 0 unspecified atom stereocenters. The van der Waals surface area contributed by atoms with Gasteiger partial charge in [0, 0.05) is 43.5 Å². The molecule has 4 heteroatoms. The van der Waals surface area contributed by atoms with Crippen LogP contribution in [0.1, 0.15) is 186 Å². The molecule has 0 fully saturated rings. The monoisotopic (exact) mass is 979 g/mol. The summed E-state index contributed by atoms with van der Waals surface area (Å²) in [7, 11) is 0. The maximum atomic E-state index is 2.85. The Morgan fingerprint density at radius 2 is 0.945 bits per heavy atom. The van der Waals surface area contributed by atoms with Gasteiger partial charge in [-0.25, -0.2) is 0 Å². The van der Waals surface area contributed by atoms with Crippen molar-refractivity contribution < 1.29 is 0 Å². The van der Waals surface area contributed by atoms with E-state index in [1.807, 2.05) is 0 Å². The van der Waals surface area contributed by atoms with Crippen molar-refractivity contribution in [3.05, 3.63) is 159 Å². The van der Waals surface area contributed by atoms with Crippen LogP contribution in [0, 0.1) is 6.92 Å². The fourth-order valence-corrected chi connectivity index (χ4v) is 15.9. The third-order valence-corrected chi connectivity index (χ3v) is 20.7. The van der Waals surface area contributed by atoms with E-state index < -0.39 is 0 Å². The van der Waals surface area contributed by atoms with E-state index in [0.717, 1.165) is 6.42 Å². The van der Waals surface area contributed by atoms with Gasteiger partial charge in [0.15, 0.2) is 0 Å². The number of rotatable bonds is 4. The molecule has 3 heterocycles. The van der Waals surface area contributed by atoms with Crippen molar-refractivity contribution in [2.45, 2.75) is 187 Å². The smallest absolute Gasteiger partial charge is 0.264 e. The second-order valence-electron chi connectivity index (χ2n) is 28.2. The summed E-state index contributed by atoms with van der Waals surface area (Å²) in [4.78, 5) is 7.17. The van der Waals surface area contributed by atoms with Crippen LogP contribution in [0.4, 0.5) is 34.1 Å². The first-order chi connectivity index (χ1) is 34.2. The minimum absolute atomic E-state index is 0.0270. The molecule has 6 aromatic carbocycles. The number of fused-ring (bicyclic) bond motifs is 8. The van der Waals surface area contributed by atoms with E-state index in [4.69, 9.17) is 0 Å². The lowest BCUT2D eigenvalue weighted by molar-refractivity contribution is 0.332. The maximum Gasteiger partial charge on any atom is 0.264 e. The minimum atomic E-state index is -0.0792. The molecule has 0 saturated carbocycles. The molecule has 1 aromatic heterocycles. The molecule has 0 saturated heterocycles. The summed E-state index contributed by atoms with van der Waals surface area (Å²) in [6.07, 6.45) is 7.06. The zero-order valence-electron chi connectivity index (χ0n) is 47.1. The van der Waals surface area contributed by atoms with Gasteiger partial charge in [-0.1, -0.05) is 177 Å². The Morgan fingerprint density at radius 3 is 1.49 bits per heavy atom. The number of hydrogen-bond acceptors (Lipinski definition) is 3. The second kappa shape index (κ2) is 15.9. The first kappa shape index (κ1) is 48.6. The van der Waals surface area contributed by atoms with Gasteiger partial charge < -0.3 is 9.80 Å². The van der Waals surface area contributed by atoms with Crippen LogP contribution in [0.25, 0.3) is 22.3 Å². The highest BCUT2D eigenvalue weighted by atomic mass is 32.1. The summed E-state index contributed by atoms with van der Waals surface area (Å²) in [5.41, 5.74) is 26.4. The Bertz CT molecular complexity index is 3350. The number of benzene rings is 6. The van der Waals surface area contributed by atoms with Gasteiger partial charge in [0.1, 0.15) is 0 Å². The highest BCUT2D eigenvalue weighted by Crippen LogP contribution is 2.60. The molecule has 73 heavy (non-hydrogen) atoms. The molecular formula is C69H79BN2S. The lowest BCUT2D eigenvalue weighted by atomic mass is 9.35. The van der Waals surface area contributed by atoms with Gasteiger partial charge in [-0.2, -0.15) is 11.3 Å². The van der Waals surface area contributed by atoms with Gasteiger partial charge in [0.05, 0.1) is 11.4 Å². The predicted molar refractivity (Wildman–Crippen MR) is 319 cm³/mol. The Morgan fingerprint density at radius 1 is 0.466 bits per heavy atom. The number of aryl methyl sites for hydroxylation is 1. The van der Waals surface area contributed by atoms with Gasteiger partial charge in [-0.05, 0) is 187 Å². The SMILES string of the molecule is Cc1cc2c3c(c1)N(c1c(-c4ccccc4)cc(C(C)(C)C)cc1-c1ccccc1)c1c(sc4c1C(C)(C)CCC4(C)C)B3c1cc3c(cc1N2c1ccc2c(c1)C(C)(C)CCC2(C)C)C(C)(C)CCC3(C)C. The number of nitrogens with zero attached hydrogens (tertiary/aromatic N) is 2. The first-order valence-electron chi connectivity index (χ1n) is 27.8. The highest BCUT2D eigenvalue weighted by Gasteiger charge is 2.53. The van der Waals surface area contributed by atoms with Crippen LogP contribution in [-0.4, -0.2) is 6.71 Å². The van der Waals surface area contributed by atoms with Gasteiger partial charge in [0.25, 0.3) is 6.71 Å². The van der Waals surface area contributed by atoms with E-state index in [-0.39, 0.29) is 44.6 Å². The van der Waals surface area contributed by atoms with Crippen molar-refractivity contribution in [1.29, 1.82) is 0 Å². The normalized spacial score (nSPS) is 20.0. The molecular weight excluding hydrogens is 900 g/mol. The summed E-state index contributed by atoms with van der Waals surface area (Å²) in [5, 5.41) is 0. The third kappa shape index (κ3) is 7.36. The number of anilines is 6. The van der Waals surface area contributed by atoms with Gasteiger partial charge in [0.2, 0.25) is 0 Å². The van der Waals surface area contributed by atoms with Gasteiger partial charge in [-0.15, -0.1) is 0 Å². The quantitative estimate of drug-likeness (QED) is 0.162. The topological polar surface area (TPSA) is 6.48 Å². The van der Waals surface area contributed by atoms with E-state index in [1.165, 1.54) is 138 Å². The van der Waals surface area contributed by atoms with Gasteiger partial charge in [-0.3, -0.25) is 0 Å². The molecule has 0 atom stereocenters. The first-order valence-corrected chi connectivity index (χ1v) is 28.6. The Kier molecular flexibility index (Phi) is 10.6. The highest BCUT2D eigenvalue weighted by molar-refractivity contribution is 7.29. The molecule has 3 aliphatic carbocycles. The standard InChI is InChI=1S/C69H79BN2S/c1-42-35-55-58-56(36-42)72(59-47(43-23-19-17-20-24-43)37-45(63(2,3)4)38-48(59)44-25-21-18-22-26-44)60-57-61(69(15,16)34-33-68(57,13)14)73-62(60)70(58)53-40-51-52(67(11,12)32-31-66(51,9)10)41-54(53)71(55)46-27-28-49-50(39-46)65(7,8)30-29-64(49,5)6/h17-28,35-41H,29-34H2,1-16H3. The van der Waals surface area contributed by atoms with Crippen LogP contribution in [0.2, 0.25) is 0 Å². The van der Waals surface area contributed by atoms with Crippen LogP contribution in [0.15, 0.2) is 115 Å². The lowest BCUT2D eigenvalue weighted by Crippen LogP contribution is -2.61. The van der Waals surface area contributed by atoms with Crippen LogP contribution in [-0.2, 0) is 37.9 Å². The van der Waals surface area contributed by atoms with Crippen molar-refractivity contribution in [3.63, 3.8) is 0 Å². The van der Waals surface area contributed by atoms with Crippen LogP contribution < -0.4 is 25.5 Å². The molecule has 7 aromatic rings. The Labute approximate surface area is 443 Å². The molecule has 5 aliphatic rings. The molecule has 374 valence electrons. The Hall–Kier alpha value is -5.32. The summed E-state index contributed by atoms with van der Waals surface area (Å²) >= 11 is 2.15. The van der Waals surface area contributed by atoms with Crippen molar-refractivity contribution in [2.24, 2.45) is 0 Å². The third-order valence-electron chi connectivity index (χ3n) is 19.1. The number of hydrogen-bond donors (Lipinski definition) is 0. The molecule has 0 bridgehead atoms. The zero-order chi connectivity index (χ0) is 51.7. The molecule has 0 spiro atoms. The van der Waals surface area contributed by atoms with Gasteiger partial charge >= 0.3 is 0 Å². The predicted octanol–water partition coefficient (Wildman–Crippen LogP) is 17.8. The van der Waals surface area contributed by atoms with Crippen LogP contribution >= 0.6 is 11.3 Å². The summed E-state index contributed by atoms with van der Waals surface area (Å²) in [5.74, 6) is 0. The largest absolute Gasteiger partial charge is 0.311 e. The van der Waals surface area contributed by atoms with Crippen LogP contribution in [0.5, 0.6) is 0 Å². The minimum Gasteiger partial charge on any atom is -0.311 e. The van der Waals surface area contributed by atoms with Crippen molar-refractivity contribution in [2.75, 3.05) is 9.80 Å². The molecule has 12 rings (SSSR count). The van der Waals surface area contributed by atoms with Crippen molar-refractivity contribution >= 4 is 67.9 Å². The Balaban J connectivity index is 1.27. The summed E-state index contributed by atoms with van der Waals surface area (Å²) in [6.45, 7) is 39.7. The molecule has 2 nitrogen and oxygen atoms in total. The summed E-state index contributed by atoms with van der Waals surface area (Å²) < 4.78 is 1.51. The second-order valence-corrected chi connectivity index (χ2v) is 29.3. The average Bonchev–Trinajstić information content (AvgIpc) is 3.76. The number of thiophene rings is 1. The molecule has 2 aliphatic heterocycles. The molecule has 0 radical (unpaired) electrons. The zero-order valence-corrected chi connectivity index (χ0v) is 47.9. The van der Waals surface area contributed by atoms with Crippen molar-refractivity contribution in [1.82, 2.24) is 0 Å². The van der Waals surface area contributed by atoms with E-state index in [1.54, 1.807) is 10.4 Å². The van der Waals surface area contributed by atoms with Crippen molar-refractivity contribution in [3.8, 4) is 22.3 Å².